The molecule has 0 spiro atoms. The Morgan fingerprint density at radius 1 is 0.906 bits per heavy atom. The van der Waals surface area contributed by atoms with Gasteiger partial charge in [0.15, 0.2) is 0 Å². The zero-order valence-electron chi connectivity index (χ0n) is 19.7. The van der Waals surface area contributed by atoms with Crippen molar-refractivity contribution in [2.24, 2.45) is 0 Å². The predicted octanol–water partition coefficient (Wildman–Crippen LogP) is 5.11. The van der Waals surface area contributed by atoms with Crippen LogP contribution in [0, 0.1) is 0 Å². The van der Waals surface area contributed by atoms with Crippen molar-refractivity contribution in [1.29, 1.82) is 0 Å². The molecule has 178 valence electrons. The number of allylic oxidation sites excluding steroid dienone is 1. The van der Waals surface area contributed by atoms with Crippen LogP contribution in [0.15, 0.2) is 41.5 Å². The zero-order chi connectivity index (χ0) is 23.2. The van der Waals surface area contributed by atoms with E-state index >= 15 is 0 Å². The molecule has 2 atom stereocenters. The number of aliphatic hydroxyl groups excluding tert-OH is 2. The maximum atomic E-state index is 12.2. The predicted molar refractivity (Wildman–Crippen MR) is 129 cm³/mol. The van der Waals surface area contributed by atoms with E-state index in [2.05, 4.69) is 12.2 Å². The minimum absolute atomic E-state index is 0.291. The third-order valence-electron chi connectivity index (χ3n) is 6.31. The first kappa shape index (κ1) is 26.3. The number of nitrogens with one attached hydrogen (secondary N) is 1. The molecule has 1 amide bonds. The van der Waals surface area contributed by atoms with Crippen molar-refractivity contribution < 1.29 is 19.8 Å². The van der Waals surface area contributed by atoms with Gasteiger partial charge in [-0.3, -0.25) is 9.59 Å². The number of Topliss-reactive ketones (excluding diaryl/α,β-unsaturated/α-hetero) is 1. The maximum absolute atomic E-state index is 12.2. The van der Waals surface area contributed by atoms with Crippen molar-refractivity contribution in [3.63, 3.8) is 0 Å². The van der Waals surface area contributed by atoms with E-state index in [0.717, 1.165) is 24.8 Å². The second-order valence-electron chi connectivity index (χ2n) is 8.99. The van der Waals surface area contributed by atoms with Gasteiger partial charge in [-0.1, -0.05) is 107 Å². The van der Waals surface area contributed by atoms with Crippen LogP contribution >= 0.6 is 0 Å². The van der Waals surface area contributed by atoms with Crippen LogP contribution < -0.4 is 5.32 Å². The Bertz CT molecular complexity index is 728. The van der Waals surface area contributed by atoms with E-state index in [9.17, 15) is 19.8 Å². The molecule has 0 bridgehead atoms. The van der Waals surface area contributed by atoms with E-state index in [-0.39, 0.29) is 0 Å². The number of rotatable bonds is 18. The van der Waals surface area contributed by atoms with Crippen molar-refractivity contribution in [1.82, 2.24) is 5.32 Å². The van der Waals surface area contributed by atoms with Crippen LogP contribution in [0.4, 0.5) is 0 Å². The zero-order valence-corrected chi connectivity index (χ0v) is 19.7. The molecule has 3 N–H and O–H groups in total. The highest BCUT2D eigenvalue weighted by Gasteiger charge is 2.34. The summed E-state index contributed by atoms with van der Waals surface area (Å²) in [6, 6.07) is 7.43. The van der Waals surface area contributed by atoms with Crippen molar-refractivity contribution in [2.75, 3.05) is 6.61 Å². The average Bonchev–Trinajstić information content (AvgIpc) is 3.60. The van der Waals surface area contributed by atoms with Gasteiger partial charge < -0.3 is 15.5 Å². The minimum Gasteiger partial charge on any atom is -0.394 e. The second-order valence-corrected chi connectivity index (χ2v) is 8.99. The lowest BCUT2D eigenvalue weighted by molar-refractivity contribution is -0.118. The lowest BCUT2D eigenvalue weighted by Crippen LogP contribution is -2.48. The molecule has 0 fully saturated rings. The largest absolute Gasteiger partial charge is 0.394 e. The summed E-state index contributed by atoms with van der Waals surface area (Å²) in [6.07, 6.45) is 15.2. The molecule has 1 aromatic rings. The summed E-state index contributed by atoms with van der Waals surface area (Å²) in [6.45, 7) is 1.84. The van der Waals surface area contributed by atoms with Gasteiger partial charge in [-0.25, -0.2) is 0 Å². The van der Waals surface area contributed by atoms with Crippen LogP contribution in [-0.4, -0.2) is 40.7 Å². The van der Waals surface area contributed by atoms with Crippen molar-refractivity contribution >= 4 is 11.7 Å². The van der Waals surface area contributed by atoms with Gasteiger partial charge in [0.05, 0.1) is 18.8 Å². The summed E-state index contributed by atoms with van der Waals surface area (Å²) in [7, 11) is 0. The smallest absolute Gasteiger partial charge is 0.292 e. The number of hydrogen-bond donors (Lipinski definition) is 3. The lowest BCUT2D eigenvalue weighted by Gasteiger charge is -2.20. The summed E-state index contributed by atoms with van der Waals surface area (Å²) >= 11 is 0. The van der Waals surface area contributed by atoms with Gasteiger partial charge in [0.25, 0.3) is 5.91 Å². The van der Waals surface area contributed by atoms with E-state index in [1.54, 1.807) is 30.3 Å². The number of ketones is 1. The van der Waals surface area contributed by atoms with E-state index in [0.29, 0.717) is 5.56 Å². The number of carbonyl (C=O) groups excluding carboxylic acids is 2. The molecule has 1 aliphatic rings. The molecule has 32 heavy (non-hydrogen) atoms. The van der Waals surface area contributed by atoms with Crippen LogP contribution in [0.1, 0.15) is 101 Å². The normalized spacial score (nSPS) is 14.8. The number of hydrogen-bond acceptors (Lipinski definition) is 4. The number of carbonyl (C=O) groups is 2. The third kappa shape index (κ3) is 9.25. The van der Waals surface area contributed by atoms with Crippen LogP contribution in [-0.2, 0) is 4.79 Å². The molecule has 1 aromatic carbocycles. The molecule has 5 nitrogen and oxygen atoms in total. The first-order valence-electron chi connectivity index (χ1n) is 12.5. The van der Waals surface area contributed by atoms with Crippen LogP contribution in [0.2, 0.25) is 0 Å². The topological polar surface area (TPSA) is 86.6 Å². The van der Waals surface area contributed by atoms with Gasteiger partial charge >= 0.3 is 0 Å². The average molecular weight is 444 g/mol. The van der Waals surface area contributed by atoms with E-state index in [4.69, 9.17) is 0 Å². The fraction of sp³-hybridized carbons (Fsp3) is 0.630. The second kappa shape index (κ2) is 15.0. The van der Waals surface area contributed by atoms with Crippen LogP contribution in [0.5, 0.6) is 0 Å². The fourth-order valence-electron chi connectivity index (χ4n) is 4.17. The number of unbranched alkanes of at least 4 members (excludes halogenated alkanes) is 10. The van der Waals surface area contributed by atoms with Crippen LogP contribution in [0.3, 0.4) is 0 Å². The molecule has 0 saturated carbocycles. The van der Waals surface area contributed by atoms with Crippen molar-refractivity contribution in [3.8, 4) is 0 Å². The Kier molecular flexibility index (Phi) is 12.3. The van der Waals surface area contributed by atoms with Crippen molar-refractivity contribution in [3.05, 3.63) is 47.0 Å². The Balaban J connectivity index is 1.62. The third-order valence-corrected chi connectivity index (χ3v) is 6.31. The highest BCUT2D eigenvalue weighted by Crippen LogP contribution is 2.38. The van der Waals surface area contributed by atoms with Gasteiger partial charge in [0.1, 0.15) is 0 Å². The standard InChI is InChI=1S/C27H41NO4/c1-2-3-4-5-6-7-8-9-10-11-13-18-22-19-23(22)26(31)24(20-29)28-27(32)25(30)21-16-14-12-15-17-21/h12,14-17,24,26,29,31H,2-11,13,18-20H2,1H3,(H,28,32)/t24-,26+/m0/s1. The van der Waals surface area contributed by atoms with Crippen molar-refractivity contribution in [2.45, 2.75) is 103 Å². The van der Waals surface area contributed by atoms with Gasteiger partial charge in [0, 0.05) is 5.56 Å². The van der Waals surface area contributed by atoms with Gasteiger partial charge in [-0.2, -0.15) is 0 Å². The summed E-state index contributed by atoms with van der Waals surface area (Å²) in [5, 5.41) is 22.7. The Morgan fingerprint density at radius 2 is 1.47 bits per heavy atom. The molecule has 1 aliphatic carbocycles. The molecule has 0 aromatic heterocycles. The molecular weight excluding hydrogens is 402 g/mol. The van der Waals surface area contributed by atoms with E-state index in [1.165, 1.54) is 69.8 Å². The summed E-state index contributed by atoms with van der Waals surface area (Å²) in [4.78, 5) is 24.4. The minimum atomic E-state index is -0.935. The van der Waals surface area contributed by atoms with Gasteiger partial charge in [0.2, 0.25) is 5.78 Å². The summed E-state index contributed by atoms with van der Waals surface area (Å²) in [5.41, 5.74) is 2.43. The number of amides is 1. The monoisotopic (exact) mass is 443 g/mol. The molecule has 0 aliphatic heterocycles. The molecule has 0 unspecified atom stereocenters. The van der Waals surface area contributed by atoms with E-state index in [1.807, 2.05) is 0 Å². The highest BCUT2D eigenvalue weighted by atomic mass is 16.3. The molecule has 0 radical (unpaired) electrons. The maximum Gasteiger partial charge on any atom is 0.292 e. The molecule has 0 saturated heterocycles. The molecular formula is C27H41NO4. The Hall–Kier alpha value is -1.98. The van der Waals surface area contributed by atoms with E-state index < -0.39 is 30.4 Å². The highest BCUT2D eigenvalue weighted by molar-refractivity contribution is 6.42. The lowest BCUT2D eigenvalue weighted by atomic mass is 10.0. The first-order chi connectivity index (χ1) is 15.6. The SMILES string of the molecule is CCCCCCCCCCCCCC1=C([C@@H](O)[C@H](CO)NC(=O)C(=O)c2ccccc2)C1. The summed E-state index contributed by atoms with van der Waals surface area (Å²) in [5.74, 6) is -1.47. The molecule has 2 rings (SSSR count). The Morgan fingerprint density at radius 3 is 2.03 bits per heavy atom. The van der Waals surface area contributed by atoms with Gasteiger partial charge in [-0.05, 0) is 24.8 Å². The summed E-state index contributed by atoms with van der Waals surface area (Å²) < 4.78 is 0. The quantitative estimate of drug-likeness (QED) is 0.127. The fourth-order valence-corrected chi connectivity index (χ4v) is 4.17. The first-order valence-corrected chi connectivity index (χ1v) is 12.5. The number of aliphatic hydroxyl groups is 2. The van der Waals surface area contributed by atoms with Gasteiger partial charge in [-0.15, -0.1) is 0 Å². The molecule has 5 heteroatoms. The van der Waals surface area contributed by atoms with Crippen LogP contribution in [0.25, 0.3) is 0 Å². The number of benzene rings is 1. The molecule has 0 heterocycles. The Labute approximate surface area is 193 Å².